The summed E-state index contributed by atoms with van der Waals surface area (Å²) in [6.07, 6.45) is 0. The molecule has 9 aromatic carbocycles. The second-order valence-electron chi connectivity index (χ2n) is 15.8. The van der Waals surface area contributed by atoms with Gasteiger partial charge in [-0.15, -0.1) is 21.5 Å². The molecule has 0 saturated heterocycles. The van der Waals surface area contributed by atoms with Gasteiger partial charge in [0.15, 0.2) is 11.6 Å². The van der Waals surface area contributed by atoms with Gasteiger partial charge in [-0.25, -0.2) is 0 Å². The number of hydrogen-bond acceptors (Lipinski definition) is 3. The van der Waals surface area contributed by atoms with E-state index in [9.17, 15) is 0 Å². The Hall–Kier alpha value is -8.06. The number of rotatable bonds is 6. The van der Waals surface area contributed by atoms with E-state index in [2.05, 4.69) is 202 Å². The van der Waals surface area contributed by atoms with Gasteiger partial charge in [-0.05, 0) is 77.9 Å². The van der Waals surface area contributed by atoms with Crippen LogP contribution in [0.25, 0.3) is 115 Å². The molecule has 13 rings (SSSR count). The molecule has 0 aliphatic rings. The first kappa shape index (κ1) is 34.8. The summed E-state index contributed by atoms with van der Waals surface area (Å²) in [5.74, 6) is 1.60. The minimum absolute atomic E-state index is 0.798. The van der Waals surface area contributed by atoms with Crippen LogP contribution in [-0.2, 0) is 0 Å². The first-order chi connectivity index (χ1) is 30.8. The normalized spacial score (nSPS) is 11.9. The first-order valence-corrected chi connectivity index (χ1v) is 21.7. The molecule has 0 N–H and O–H groups in total. The van der Waals surface area contributed by atoms with Gasteiger partial charge in [-0.3, -0.25) is 4.57 Å². The molecule has 62 heavy (non-hydrogen) atoms. The lowest BCUT2D eigenvalue weighted by molar-refractivity contribution is 1.07. The maximum absolute atomic E-state index is 4.93. The highest BCUT2D eigenvalue weighted by atomic mass is 32.1. The maximum Gasteiger partial charge on any atom is 0.169 e. The molecule has 4 aromatic heterocycles. The van der Waals surface area contributed by atoms with Crippen molar-refractivity contribution in [2.75, 3.05) is 0 Å². The molecule has 0 spiro atoms. The summed E-state index contributed by atoms with van der Waals surface area (Å²) >= 11 is 1.89. The molecule has 0 amide bonds. The second kappa shape index (κ2) is 13.7. The van der Waals surface area contributed by atoms with Gasteiger partial charge in [0, 0.05) is 69.9 Å². The quantitative estimate of drug-likeness (QED) is 0.168. The summed E-state index contributed by atoms with van der Waals surface area (Å²) in [6.45, 7) is 0. The highest BCUT2D eigenvalue weighted by molar-refractivity contribution is 7.26. The van der Waals surface area contributed by atoms with E-state index in [0.717, 1.165) is 72.8 Å². The Labute approximate surface area is 360 Å². The Morgan fingerprint density at radius 2 is 0.839 bits per heavy atom. The van der Waals surface area contributed by atoms with Crippen LogP contribution in [0.3, 0.4) is 0 Å². The largest absolute Gasteiger partial charge is 0.309 e. The van der Waals surface area contributed by atoms with E-state index < -0.39 is 0 Å². The minimum Gasteiger partial charge on any atom is -0.309 e. The third-order valence-electron chi connectivity index (χ3n) is 12.4. The SMILES string of the molecule is c1ccc(-c2nnc(-c3cccc4c3c3ccccc3n4-c3cccc(-c4cccc(-n5c6ccccc6c6c7sc8ccccc8c7ccc65)c4)c3)n2-c2ccccc2)cc1. The van der Waals surface area contributed by atoms with Crippen molar-refractivity contribution in [3.8, 4) is 51.0 Å². The Morgan fingerprint density at radius 3 is 1.55 bits per heavy atom. The van der Waals surface area contributed by atoms with E-state index in [-0.39, 0.29) is 0 Å². The number of nitrogens with zero attached hydrogens (tertiary/aromatic N) is 5. The Morgan fingerprint density at radius 1 is 0.323 bits per heavy atom. The van der Waals surface area contributed by atoms with Crippen molar-refractivity contribution in [2.24, 2.45) is 0 Å². The lowest BCUT2D eigenvalue weighted by Crippen LogP contribution is -2.00. The van der Waals surface area contributed by atoms with Crippen molar-refractivity contribution in [1.82, 2.24) is 23.9 Å². The molecule has 0 fully saturated rings. The summed E-state index contributed by atoms with van der Waals surface area (Å²) in [5, 5.41) is 17.3. The van der Waals surface area contributed by atoms with Crippen molar-refractivity contribution >= 4 is 75.1 Å². The van der Waals surface area contributed by atoms with Crippen molar-refractivity contribution in [1.29, 1.82) is 0 Å². The van der Waals surface area contributed by atoms with Crippen LogP contribution in [0.5, 0.6) is 0 Å². The smallest absolute Gasteiger partial charge is 0.169 e. The number of aromatic nitrogens is 5. The van der Waals surface area contributed by atoms with Crippen molar-refractivity contribution < 1.29 is 0 Å². The highest BCUT2D eigenvalue weighted by Crippen LogP contribution is 2.44. The number of fused-ring (bicyclic) bond motifs is 10. The van der Waals surface area contributed by atoms with Gasteiger partial charge in [0.2, 0.25) is 0 Å². The number of thiophene rings is 1. The van der Waals surface area contributed by atoms with E-state index in [4.69, 9.17) is 10.2 Å². The first-order valence-electron chi connectivity index (χ1n) is 20.9. The molecular weight excluding hydrogens is 775 g/mol. The zero-order chi connectivity index (χ0) is 40.7. The zero-order valence-electron chi connectivity index (χ0n) is 33.4. The molecule has 290 valence electrons. The van der Waals surface area contributed by atoms with Gasteiger partial charge < -0.3 is 9.13 Å². The molecular formula is C56H35N5S. The van der Waals surface area contributed by atoms with Crippen LogP contribution in [0, 0.1) is 0 Å². The molecule has 5 nitrogen and oxygen atoms in total. The van der Waals surface area contributed by atoms with Crippen LogP contribution >= 0.6 is 11.3 Å². The van der Waals surface area contributed by atoms with E-state index in [1.54, 1.807) is 0 Å². The monoisotopic (exact) mass is 809 g/mol. The average molecular weight is 810 g/mol. The average Bonchev–Trinajstić information content (AvgIpc) is 4.12. The van der Waals surface area contributed by atoms with Gasteiger partial charge in [0.25, 0.3) is 0 Å². The summed E-state index contributed by atoms with van der Waals surface area (Å²) in [7, 11) is 0. The third kappa shape index (κ3) is 5.20. The molecule has 0 aliphatic heterocycles. The van der Waals surface area contributed by atoms with E-state index >= 15 is 0 Å². The zero-order valence-corrected chi connectivity index (χ0v) is 34.2. The Bertz CT molecular complexity index is 3870. The van der Waals surface area contributed by atoms with Gasteiger partial charge in [-0.2, -0.15) is 0 Å². The molecule has 13 aromatic rings. The van der Waals surface area contributed by atoms with E-state index in [1.165, 1.54) is 42.0 Å². The maximum atomic E-state index is 4.93. The lowest BCUT2D eigenvalue weighted by Gasteiger charge is -2.13. The number of para-hydroxylation sites is 3. The van der Waals surface area contributed by atoms with Crippen molar-refractivity contribution in [3.05, 3.63) is 212 Å². The highest BCUT2D eigenvalue weighted by Gasteiger charge is 2.23. The van der Waals surface area contributed by atoms with Crippen molar-refractivity contribution in [3.63, 3.8) is 0 Å². The summed E-state index contributed by atoms with van der Waals surface area (Å²) in [6, 6.07) is 76.1. The summed E-state index contributed by atoms with van der Waals surface area (Å²) in [4.78, 5) is 0. The Balaban J connectivity index is 0.972. The van der Waals surface area contributed by atoms with Crippen LogP contribution in [0.2, 0.25) is 0 Å². The minimum atomic E-state index is 0.798. The topological polar surface area (TPSA) is 40.6 Å². The van der Waals surface area contributed by atoms with E-state index in [0.29, 0.717) is 0 Å². The fourth-order valence-electron chi connectivity index (χ4n) is 9.70. The number of benzene rings is 9. The third-order valence-corrected chi connectivity index (χ3v) is 13.6. The van der Waals surface area contributed by atoms with Crippen LogP contribution in [-0.4, -0.2) is 23.9 Å². The van der Waals surface area contributed by atoms with Gasteiger partial charge >= 0.3 is 0 Å². The molecule has 6 heteroatoms. The molecule has 0 unspecified atom stereocenters. The Kier molecular flexibility index (Phi) is 7.71. The second-order valence-corrected chi connectivity index (χ2v) is 16.9. The lowest BCUT2D eigenvalue weighted by atomic mass is 10.0. The molecule has 4 heterocycles. The van der Waals surface area contributed by atoms with Crippen molar-refractivity contribution in [2.45, 2.75) is 0 Å². The predicted molar refractivity (Wildman–Crippen MR) is 259 cm³/mol. The molecule has 0 bridgehead atoms. The molecule has 0 atom stereocenters. The summed E-state index contributed by atoms with van der Waals surface area (Å²) < 4.78 is 9.68. The van der Waals surface area contributed by atoms with Gasteiger partial charge in [0.1, 0.15) is 0 Å². The van der Waals surface area contributed by atoms with Crippen LogP contribution < -0.4 is 0 Å². The van der Waals surface area contributed by atoms with Crippen LogP contribution in [0.15, 0.2) is 212 Å². The van der Waals surface area contributed by atoms with Crippen LogP contribution in [0.1, 0.15) is 0 Å². The summed E-state index contributed by atoms with van der Waals surface area (Å²) in [5.41, 5.74) is 12.2. The van der Waals surface area contributed by atoms with Crippen LogP contribution in [0.4, 0.5) is 0 Å². The molecule has 0 aliphatic carbocycles. The standard InChI is InChI=1S/C56H35N5S/c1-3-16-36(17-4-1)55-57-58-56(61(55)39-20-5-2-6-21-39)46-27-15-30-49-52(46)44-25-7-10-28-47(44)59(49)40-22-13-18-37(34-40)38-19-14-23-41(35-38)60-48-29-11-8-26-45(48)53-50(60)33-32-43-42-24-9-12-31-51(42)62-54(43)53/h1-35H. The molecule has 0 saturated carbocycles. The van der Waals surface area contributed by atoms with E-state index in [1.807, 2.05) is 35.6 Å². The van der Waals surface area contributed by atoms with Gasteiger partial charge in [-0.1, -0.05) is 146 Å². The fourth-order valence-corrected chi connectivity index (χ4v) is 11.0. The van der Waals surface area contributed by atoms with Gasteiger partial charge in [0.05, 0.1) is 22.1 Å². The number of hydrogen-bond donors (Lipinski definition) is 0. The predicted octanol–water partition coefficient (Wildman–Crippen LogP) is 14.8. The fraction of sp³-hybridized carbons (Fsp3) is 0. The molecule has 0 radical (unpaired) electrons.